The van der Waals surface area contributed by atoms with Gasteiger partial charge in [-0.3, -0.25) is 14.4 Å². The average Bonchev–Trinajstić information content (AvgIpc) is 3.42. The van der Waals surface area contributed by atoms with Crippen LogP contribution < -0.4 is 0 Å². The van der Waals surface area contributed by atoms with Gasteiger partial charge < -0.3 is 14.2 Å². The van der Waals surface area contributed by atoms with Crippen molar-refractivity contribution in [3.05, 3.63) is 36.5 Å². The predicted molar refractivity (Wildman–Crippen MR) is 330 cm³/mol. The summed E-state index contributed by atoms with van der Waals surface area (Å²) in [5.41, 5.74) is 0. The second-order valence-electron chi connectivity index (χ2n) is 23.1. The third-order valence-electron chi connectivity index (χ3n) is 15.4. The number of allylic oxidation sites excluding steroid dienone is 6. The molecule has 0 spiro atoms. The molecule has 6 heteroatoms. The Labute approximate surface area is 474 Å². The summed E-state index contributed by atoms with van der Waals surface area (Å²) in [6.45, 7) is 6.65. The van der Waals surface area contributed by atoms with Crippen LogP contribution in [0.2, 0.25) is 0 Å². The summed E-state index contributed by atoms with van der Waals surface area (Å²) >= 11 is 0. The van der Waals surface area contributed by atoms with Gasteiger partial charge in [0, 0.05) is 19.3 Å². The summed E-state index contributed by atoms with van der Waals surface area (Å²) in [6.07, 6.45) is 80.3. The molecule has 0 saturated heterocycles. The van der Waals surface area contributed by atoms with Crippen molar-refractivity contribution in [2.75, 3.05) is 13.2 Å². The van der Waals surface area contributed by atoms with Gasteiger partial charge in [0.2, 0.25) is 0 Å². The molecule has 0 aromatic carbocycles. The van der Waals surface area contributed by atoms with Crippen molar-refractivity contribution in [1.82, 2.24) is 0 Å². The number of esters is 3. The molecule has 0 saturated carbocycles. The highest BCUT2D eigenvalue weighted by Gasteiger charge is 2.19. The minimum absolute atomic E-state index is 0.0714. The highest BCUT2D eigenvalue weighted by Crippen LogP contribution is 2.18. The van der Waals surface area contributed by atoms with E-state index >= 15 is 0 Å². The van der Waals surface area contributed by atoms with E-state index in [1.807, 2.05) is 0 Å². The summed E-state index contributed by atoms with van der Waals surface area (Å²) < 4.78 is 16.9. The second-order valence-corrected chi connectivity index (χ2v) is 23.1. The van der Waals surface area contributed by atoms with E-state index in [0.29, 0.717) is 19.3 Å². The molecule has 0 heterocycles. The maximum Gasteiger partial charge on any atom is 0.306 e. The molecule has 76 heavy (non-hydrogen) atoms. The molecule has 1 atom stereocenters. The highest BCUT2D eigenvalue weighted by molar-refractivity contribution is 5.71. The van der Waals surface area contributed by atoms with E-state index in [9.17, 15) is 14.4 Å². The lowest BCUT2D eigenvalue weighted by Gasteiger charge is -2.18. The van der Waals surface area contributed by atoms with E-state index in [1.165, 1.54) is 257 Å². The molecule has 1 unspecified atom stereocenters. The summed E-state index contributed by atoms with van der Waals surface area (Å²) in [5.74, 6) is -0.860. The first kappa shape index (κ1) is 73.6. The average molecular weight is 1070 g/mol. The fraction of sp³-hybridized carbons (Fsp3) is 0.871. The lowest BCUT2D eigenvalue weighted by molar-refractivity contribution is -0.167. The fourth-order valence-electron chi connectivity index (χ4n) is 10.2. The van der Waals surface area contributed by atoms with Crippen LogP contribution in [0.1, 0.15) is 374 Å². The second kappa shape index (κ2) is 65.2. The van der Waals surface area contributed by atoms with Crippen LogP contribution in [0.3, 0.4) is 0 Å². The summed E-state index contributed by atoms with van der Waals surface area (Å²) in [5, 5.41) is 0. The van der Waals surface area contributed by atoms with Gasteiger partial charge in [-0.25, -0.2) is 0 Å². The largest absolute Gasteiger partial charge is 0.462 e. The Morgan fingerprint density at radius 3 is 0.776 bits per heavy atom. The smallest absolute Gasteiger partial charge is 0.306 e. The topological polar surface area (TPSA) is 78.9 Å². The number of rotatable bonds is 63. The van der Waals surface area contributed by atoms with Gasteiger partial charge >= 0.3 is 17.9 Å². The first-order chi connectivity index (χ1) is 37.5. The minimum Gasteiger partial charge on any atom is -0.462 e. The van der Waals surface area contributed by atoms with Crippen LogP contribution in [0, 0.1) is 0 Å². The molecule has 0 rings (SSSR count). The maximum absolute atomic E-state index is 12.9. The third-order valence-corrected chi connectivity index (χ3v) is 15.4. The van der Waals surface area contributed by atoms with Gasteiger partial charge in [0.1, 0.15) is 13.2 Å². The van der Waals surface area contributed by atoms with Crippen molar-refractivity contribution in [3.8, 4) is 0 Å². The van der Waals surface area contributed by atoms with Gasteiger partial charge in [0.05, 0.1) is 0 Å². The van der Waals surface area contributed by atoms with E-state index in [4.69, 9.17) is 14.2 Å². The monoisotopic (exact) mass is 1070 g/mol. The number of hydrogen-bond donors (Lipinski definition) is 0. The van der Waals surface area contributed by atoms with Gasteiger partial charge in [-0.15, -0.1) is 0 Å². The van der Waals surface area contributed by atoms with E-state index in [2.05, 4.69) is 57.2 Å². The molecule has 0 bridgehead atoms. The van der Waals surface area contributed by atoms with E-state index in [0.717, 1.165) is 77.0 Å². The van der Waals surface area contributed by atoms with E-state index < -0.39 is 6.10 Å². The zero-order valence-corrected chi connectivity index (χ0v) is 51.3. The molecule has 0 fully saturated rings. The van der Waals surface area contributed by atoms with Crippen LogP contribution in [-0.2, 0) is 28.6 Å². The minimum atomic E-state index is -0.775. The molecule has 446 valence electrons. The summed E-state index contributed by atoms with van der Waals surface area (Å²) in [7, 11) is 0. The van der Waals surface area contributed by atoms with E-state index in [1.54, 1.807) is 0 Å². The molecule has 0 N–H and O–H groups in total. The number of unbranched alkanes of at least 4 members (excludes halogenated alkanes) is 46. The zero-order valence-electron chi connectivity index (χ0n) is 51.3. The third kappa shape index (κ3) is 62.5. The Bertz CT molecular complexity index is 1270. The highest BCUT2D eigenvalue weighted by atomic mass is 16.6. The van der Waals surface area contributed by atoms with Gasteiger partial charge in [-0.2, -0.15) is 0 Å². The Balaban J connectivity index is 4.17. The van der Waals surface area contributed by atoms with Crippen molar-refractivity contribution in [1.29, 1.82) is 0 Å². The van der Waals surface area contributed by atoms with Crippen molar-refractivity contribution >= 4 is 17.9 Å². The van der Waals surface area contributed by atoms with Gasteiger partial charge in [-0.05, 0) is 70.6 Å². The Kier molecular flexibility index (Phi) is 63.1. The zero-order chi connectivity index (χ0) is 55.0. The van der Waals surface area contributed by atoms with Crippen LogP contribution in [0.5, 0.6) is 0 Å². The normalized spacial score (nSPS) is 12.2. The van der Waals surface area contributed by atoms with E-state index in [-0.39, 0.29) is 31.1 Å². The molecule has 0 aromatic heterocycles. The summed E-state index contributed by atoms with van der Waals surface area (Å²) in [6, 6.07) is 0. The number of hydrogen-bond acceptors (Lipinski definition) is 6. The molecular formula is C70H130O6. The first-order valence-electron chi connectivity index (χ1n) is 34.0. The molecule has 0 amide bonds. The summed E-state index contributed by atoms with van der Waals surface area (Å²) in [4.78, 5) is 38.3. The molecule has 0 aromatic rings. The maximum atomic E-state index is 12.9. The van der Waals surface area contributed by atoms with Gasteiger partial charge in [0.15, 0.2) is 6.10 Å². The van der Waals surface area contributed by atoms with Crippen molar-refractivity contribution in [2.45, 2.75) is 380 Å². The SMILES string of the molecule is CCCC/C=C\C/C=C\CCCCCCCC(=O)OCC(COC(=O)CCCCCCCCCCCCCCCCCCC/C=C\CCCCCCCCCC)OC(=O)CCCCCCCCCCCCCCCCC. The number of carbonyl (C=O) groups is 3. The lowest BCUT2D eigenvalue weighted by atomic mass is 10.0. The lowest BCUT2D eigenvalue weighted by Crippen LogP contribution is -2.30. The Morgan fingerprint density at radius 1 is 0.263 bits per heavy atom. The Morgan fingerprint density at radius 2 is 0.487 bits per heavy atom. The standard InChI is InChI=1S/C70H130O6/c1-4-7-10-13-16-19-22-25-28-29-30-31-32-33-34-35-36-37-38-39-40-41-43-45-48-51-54-57-60-63-69(72)75-66-67(65-74-68(71)62-59-56-53-50-47-44-27-24-21-18-15-12-9-6-3)76-70(73)64-61-58-55-52-49-46-42-26-23-20-17-14-11-8-5-2/h15,18,24,27,29-30,67H,4-14,16-17,19-23,25-26,28,31-66H2,1-3H3/b18-15-,27-24-,30-29-. The molecule has 0 aliphatic carbocycles. The van der Waals surface area contributed by atoms with Crippen LogP contribution in [-0.4, -0.2) is 37.2 Å². The molecule has 0 aliphatic rings. The number of ether oxygens (including phenoxy) is 3. The fourth-order valence-corrected chi connectivity index (χ4v) is 10.2. The molecule has 0 radical (unpaired) electrons. The van der Waals surface area contributed by atoms with Gasteiger partial charge in [0.25, 0.3) is 0 Å². The van der Waals surface area contributed by atoms with Crippen molar-refractivity contribution in [2.24, 2.45) is 0 Å². The molecule has 6 nitrogen and oxygen atoms in total. The van der Waals surface area contributed by atoms with Crippen LogP contribution in [0.15, 0.2) is 36.5 Å². The van der Waals surface area contributed by atoms with Gasteiger partial charge in [-0.1, -0.05) is 320 Å². The van der Waals surface area contributed by atoms with Crippen LogP contribution in [0.25, 0.3) is 0 Å². The Hall–Kier alpha value is -2.37. The molecular weight excluding hydrogens is 937 g/mol. The predicted octanol–water partition coefficient (Wildman–Crippen LogP) is 23.2. The quantitative estimate of drug-likeness (QED) is 0.0261. The first-order valence-corrected chi connectivity index (χ1v) is 34.0. The van der Waals surface area contributed by atoms with Crippen molar-refractivity contribution < 1.29 is 28.6 Å². The van der Waals surface area contributed by atoms with Crippen molar-refractivity contribution in [3.63, 3.8) is 0 Å². The molecule has 0 aliphatic heterocycles. The number of carbonyl (C=O) groups excluding carboxylic acids is 3. The van der Waals surface area contributed by atoms with Crippen LogP contribution in [0.4, 0.5) is 0 Å². The van der Waals surface area contributed by atoms with Crippen LogP contribution >= 0.6 is 0 Å².